The van der Waals surface area contributed by atoms with E-state index in [2.05, 4.69) is 17.2 Å². The molecule has 1 rings (SSSR count). The van der Waals surface area contributed by atoms with Gasteiger partial charge >= 0.3 is 5.97 Å². The quantitative estimate of drug-likeness (QED) is 0.627. The number of nitrogens with two attached hydrogens (primary N) is 1. The molecule has 3 N–H and O–H groups in total. The van der Waals surface area contributed by atoms with E-state index >= 15 is 0 Å². The van der Waals surface area contributed by atoms with Gasteiger partial charge in [-0.3, -0.25) is 9.59 Å². The van der Waals surface area contributed by atoms with Crippen LogP contribution in [0.15, 0.2) is 6.07 Å². The largest absolute Gasteiger partial charge is 0.465 e. The van der Waals surface area contributed by atoms with Crippen molar-refractivity contribution in [3.05, 3.63) is 21.4 Å². The maximum atomic E-state index is 11.8. The van der Waals surface area contributed by atoms with Crippen LogP contribution in [0, 0.1) is 18.8 Å². The molecule has 102 valence electrons. The van der Waals surface area contributed by atoms with Gasteiger partial charge in [0.25, 0.3) is 5.91 Å². The van der Waals surface area contributed by atoms with Gasteiger partial charge in [-0.15, -0.1) is 11.3 Å². The van der Waals surface area contributed by atoms with E-state index in [0.29, 0.717) is 11.5 Å². The Bertz CT molecular complexity index is 526. The summed E-state index contributed by atoms with van der Waals surface area (Å²) in [5.74, 6) is 4.90. The number of hydrogen-bond acceptors (Lipinski definition) is 5. The lowest BCUT2D eigenvalue weighted by Crippen LogP contribution is -2.30. The summed E-state index contributed by atoms with van der Waals surface area (Å²) in [5.41, 5.74) is 6.23. The molecular formula is C13H16N2O3S. The summed E-state index contributed by atoms with van der Waals surface area (Å²) in [7, 11) is 0. The van der Waals surface area contributed by atoms with Crippen molar-refractivity contribution in [3.63, 3.8) is 0 Å². The Kier molecular flexibility index (Phi) is 6.06. The molecule has 6 heteroatoms. The lowest BCUT2D eigenvalue weighted by atomic mass is 10.2. The van der Waals surface area contributed by atoms with Crippen molar-refractivity contribution in [2.24, 2.45) is 5.73 Å². The first kappa shape index (κ1) is 15.2. The zero-order valence-corrected chi connectivity index (χ0v) is 11.7. The third-order valence-corrected chi connectivity index (χ3v) is 3.30. The molecule has 1 aromatic heterocycles. The van der Waals surface area contributed by atoms with Gasteiger partial charge < -0.3 is 15.8 Å². The lowest BCUT2D eigenvalue weighted by molar-refractivity contribution is -0.141. The van der Waals surface area contributed by atoms with E-state index in [4.69, 9.17) is 10.5 Å². The van der Waals surface area contributed by atoms with Crippen LogP contribution >= 0.6 is 11.3 Å². The maximum absolute atomic E-state index is 11.8. The highest BCUT2D eigenvalue weighted by Gasteiger charge is 2.12. The molecule has 1 heterocycles. The molecule has 19 heavy (non-hydrogen) atoms. The molecule has 0 aliphatic rings. The van der Waals surface area contributed by atoms with Gasteiger partial charge in [-0.1, -0.05) is 11.8 Å². The number of carbonyl (C=O) groups is 2. The fraction of sp³-hybridized carbons (Fsp3) is 0.385. The van der Waals surface area contributed by atoms with Crippen molar-refractivity contribution in [1.29, 1.82) is 0 Å². The van der Waals surface area contributed by atoms with Crippen molar-refractivity contribution < 1.29 is 14.3 Å². The number of ether oxygens (including phenoxy) is 1. The highest BCUT2D eigenvalue weighted by Crippen LogP contribution is 2.20. The molecule has 0 radical (unpaired) electrons. The second-order valence-electron chi connectivity index (χ2n) is 3.62. The van der Waals surface area contributed by atoms with Crippen LogP contribution in [0.2, 0.25) is 0 Å². The van der Waals surface area contributed by atoms with Gasteiger partial charge in [0.05, 0.1) is 22.9 Å². The minimum absolute atomic E-state index is 0.132. The standard InChI is InChI=1S/C13H16N2O3S/c1-3-18-12(16)8-15-13(17)11-7-9(2)10(19-11)5-4-6-14/h7H,3,6,8,14H2,1-2H3,(H,15,17). The van der Waals surface area contributed by atoms with E-state index < -0.39 is 5.97 Å². The molecule has 0 aromatic carbocycles. The summed E-state index contributed by atoms with van der Waals surface area (Å²) < 4.78 is 4.72. The number of amides is 1. The monoisotopic (exact) mass is 280 g/mol. The van der Waals surface area contributed by atoms with Gasteiger partial charge in [0.1, 0.15) is 6.54 Å². The summed E-state index contributed by atoms with van der Waals surface area (Å²) in [5, 5.41) is 2.50. The van der Waals surface area contributed by atoms with Gasteiger partial charge in [0.2, 0.25) is 0 Å². The van der Waals surface area contributed by atoms with Crippen LogP contribution in [-0.2, 0) is 9.53 Å². The first-order valence-corrected chi connectivity index (χ1v) is 6.63. The Hall–Kier alpha value is -1.84. The van der Waals surface area contributed by atoms with E-state index in [9.17, 15) is 9.59 Å². The topological polar surface area (TPSA) is 81.4 Å². The van der Waals surface area contributed by atoms with Crippen molar-refractivity contribution in [2.75, 3.05) is 19.7 Å². The highest BCUT2D eigenvalue weighted by atomic mass is 32.1. The second kappa shape index (κ2) is 7.56. The summed E-state index contributed by atoms with van der Waals surface area (Å²) >= 11 is 1.28. The molecule has 0 atom stereocenters. The number of rotatable bonds is 4. The molecule has 0 saturated heterocycles. The third-order valence-electron chi connectivity index (χ3n) is 2.14. The van der Waals surface area contributed by atoms with E-state index in [-0.39, 0.29) is 19.0 Å². The molecule has 0 spiro atoms. The zero-order valence-electron chi connectivity index (χ0n) is 10.9. The van der Waals surface area contributed by atoms with Crippen LogP contribution < -0.4 is 11.1 Å². The van der Waals surface area contributed by atoms with Gasteiger partial charge in [0, 0.05) is 0 Å². The summed E-state index contributed by atoms with van der Waals surface area (Å²) in [6.07, 6.45) is 0. The number of aryl methyl sites for hydroxylation is 1. The van der Waals surface area contributed by atoms with Crippen LogP contribution in [0.5, 0.6) is 0 Å². The van der Waals surface area contributed by atoms with Crippen LogP contribution in [0.25, 0.3) is 0 Å². The van der Waals surface area contributed by atoms with E-state index in [0.717, 1.165) is 10.4 Å². The van der Waals surface area contributed by atoms with E-state index in [1.165, 1.54) is 11.3 Å². The molecule has 0 saturated carbocycles. The number of hydrogen-bond donors (Lipinski definition) is 2. The highest BCUT2D eigenvalue weighted by molar-refractivity contribution is 7.14. The zero-order chi connectivity index (χ0) is 14.3. The summed E-state index contributed by atoms with van der Waals surface area (Å²) in [4.78, 5) is 24.3. The van der Waals surface area contributed by atoms with Crippen LogP contribution in [0.3, 0.4) is 0 Å². The average molecular weight is 280 g/mol. The molecule has 1 aromatic rings. The molecule has 0 bridgehead atoms. The first-order valence-electron chi connectivity index (χ1n) is 5.81. The number of esters is 1. The Morgan fingerprint density at radius 3 is 2.89 bits per heavy atom. The van der Waals surface area contributed by atoms with Crippen molar-refractivity contribution in [1.82, 2.24) is 5.32 Å². The SMILES string of the molecule is CCOC(=O)CNC(=O)c1cc(C)c(C#CCN)s1. The average Bonchev–Trinajstić information content (AvgIpc) is 2.75. The van der Waals surface area contributed by atoms with E-state index in [1.54, 1.807) is 13.0 Å². The first-order chi connectivity index (χ1) is 9.08. The number of carbonyl (C=O) groups excluding carboxylic acids is 2. The molecule has 1 amide bonds. The van der Waals surface area contributed by atoms with Crippen LogP contribution in [-0.4, -0.2) is 31.6 Å². The van der Waals surface area contributed by atoms with Crippen molar-refractivity contribution in [3.8, 4) is 11.8 Å². The Labute approximate surface area is 116 Å². The van der Waals surface area contributed by atoms with Gasteiger partial charge in [0.15, 0.2) is 0 Å². The van der Waals surface area contributed by atoms with Crippen LogP contribution in [0.1, 0.15) is 27.0 Å². The molecule has 0 unspecified atom stereocenters. The molecule has 5 nitrogen and oxygen atoms in total. The molecule has 0 aliphatic carbocycles. The Morgan fingerprint density at radius 1 is 1.53 bits per heavy atom. The van der Waals surface area contributed by atoms with Gasteiger partial charge in [-0.25, -0.2) is 0 Å². The number of thiophene rings is 1. The molecular weight excluding hydrogens is 264 g/mol. The predicted molar refractivity (Wildman–Crippen MR) is 74.0 cm³/mol. The van der Waals surface area contributed by atoms with Gasteiger partial charge in [-0.2, -0.15) is 0 Å². The normalized spacial score (nSPS) is 9.42. The lowest BCUT2D eigenvalue weighted by Gasteiger charge is -2.02. The summed E-state index contributed by atoms with van der Waals surface area (Å²) in [6, 6.07) is 1.74. The van der Waals surface area contributed by atoms with Crippen molar-refractivity contribution in [2.45, 2.75) is 13.8 Å². The minimum Gasteiger partial charge on any atom is -0.465 e. The maximum Gasteiger partial charge on any atom is 0.325 e. The molecule has 0 fully saturated rings. The van der Waals surface area contributed by atoms with E-state index in [1.807, 2.05) is 6.92 Å². The Balaban J connectivity index is 2.65. The smallest absolute Gasteiger partial charge is 0.325 e. The predicted octanol–water partition coefficient (Wildman–Crippen LogP) is 0.660. The molecule has 0 aliphatic heterocycles. The third kappa shape index (κ3) is 4.73. The Morgan fingerprint density at radius 2 is 2.26 bits per heavy atom. The van der Waals surface area contributed by atoms with Crippen LogP contribution in [0.4, 0.5) is 0 Å². The van der Waals surface area contributed by atoms with Gasteiger partial charge in [-0.05, 0) is 25.5 Å². The minimum atomic E-state index is -0.452. The summed E-state index contributed by atoms with van der Waals surface area (Å²) in [6.45, 7) is 4.03. The fourth-order valence-electron chi connectivity index (χ4n) is 1.30. The van der Waals surface area contributed by atoms with Crippen molar-refractivity contribution >= 4 is 23.2 Å². The number of nitrogens with one attached hydrogen (secondary N) is 1. The fourth-order valence-corrected chi connectivity index (χ4v) is 2.26. The second-order valence-corrected chi connectivity index (χ2v) is 4.67.